The van der Waals surface area contributed by atoms with Gasteiger partial charge in [0.1, 0.15) is 15.8 Å². The van der Waals surface area contributed by atoms with Crippen LogP contribution < -0.4 is 5.73 Å². The quantitative estimate of drug-likeness (QED) is 0.850. The molecular weight excluding hydrogens is 213 g/mol. The second-order valence-corrected chi connectivity index (χ2v) is 4.25. The molecule has 2 aromatic rings. The van der Waals surface area contributed by atoms with Gasteiger partial charge in [-0.25, -0.2) is 4.39 Å². The Kier molecular flexibility index (Phi) is 2.75. The fourth-order valence-corrected chi connectivity index (χ4v) is 1.95. The van der Waals surface area contributed by atoms with Crippen molar-refractivity contribution in [1.29, 1.82) is 0 Å². The number of aromatic nitrogens is 2. The minimum absolute atomic E-state index is 0.134. The van der Waals surface area contributed by atoms with Crippen LogP contribution in [0.1, 0.15) is 18.0 Å². The van der Waals surface area contributed by atoms with Crippen LogP contribution in [0, 0.1) is 5.82 Å². The van der Waals surface area contributed by atoms with Crippen LogP contribution in [0.2, 0.25) is 0 Å². The van der Waals surface area contributed by atoms with E-state index in [4.69, 9.17) is 5.73 Å². The monoisotopic (exact) mass is 223 g/mol. The number of halogens is 1. The highest BCUT2D eigenvalue weighted by atomic mass is 32.1. The molecule has 0 bridgehead atoms. The Balaban J connectivity index is 2.37. The first-order chi connectivity index (χ1) is 7.16. The average Bonchev–Trinajstić information content (AvgIpc) is 2.66. The Bertz CT molecular complexity index is 467. The maximum atomic E-state index is 12.9. The van der Waals surface area contributed by atoms with Crippen molar-refractivity contribution in [3.05, 3.63) is 35.1 Å². The van der Waals surface area contributed by atoms with Crippen molar-refractivity contribution < 1.29 is 4.39 Å². The zero-order chi connectivity index (χ0) is 10.8. The van der Waals surface area contributed by atoms with Crippen molar-refractivity contribution in [3.8, 4) is 10.6 Å². The van der Waals surface area contributed by atoms with E-state index in [1.165, 1.54) is 23.5 Å². The molecule has 0 amide bonds. The van der Waals surface area contributed by atoms with Crippen LogP contribution in [0.15, 0.2) is 24.3 Å². The summed E-state index contributed by atoms with van der Waals surface area (Å²) >= 11 is 1.39. The number of hydrogen-bond acceptors (Lipinski definition) is 4. The molecule has 1 aromatic carbocycles. The van der Waals surface area contributed by atoms with Crippen LogP contribution in [0.25, 0.3) is 10.6 Å². The summed E-state index contributed by atoms with van der Waals surface area (Å²) in [5, 5.41) is 9.37. The number of rotatable bonds is 2. The van der Waals surface area contributed by atoms with E-state index in [2.05, 4.69) is 10.2 Å². The van der Waals surface area contributed by atoms with Gasteiger partial charge in [-0.3, -0.25) is 0 Å². The predicted molar refractivity (Wildman–Crippen MR) is 57.9 cm³/mol. The molecule has 0 aliphatic carbocycles. The summed E-state index contributed by atoms with van der Waals surface area (Å²) in [7, 11) is 0. The van der Waals surface area contributed by atoms with Crippen molar-refractivity contribution >= 4 is 11.3 Å². The van der Waals surface area contributed by atoms with Crippen molar-refractivity contribution in [1.82, 2.24) is 10.2 Å². The Morgan fingerprint density at radius 3 is 2.80 bits per heavy atom. The second-order valence-electron chi connectivity index (χ2n) is 3.24. The smallest absolute Gasteiger partial charge is 0.147 e. The number of nitrogens with zero attached hydrogens (tertiary/aromatic N) is 2. The molecule has 2 rings (SSSR count). The molecule has 3 nitrogen and oxygen atoms in total. The molecule has 0 spiro atoms. The van der Waals surface area contributed by atoms with Crippen LogP contribution in [0.4, 0.5) is 4.39 Å². The van der Waals surface area contributed by atoms with E-state index >= 15 is 0 Å². The third-order valence-corrected chi connectivity index (χ3v) is 3.07. The lowest BCUT2D eigenvalue weighted by Crippen LogP contribution is -2.03. The molecule has 1 atom stereocenters. The first-order valence-electron chi connectivity index (χ1n) is 4.52. The van der Waals surface area contributed by atoms with Gasteiger partial charge in [-0.2, -0.15) is 0 Å². The number of hydrogen-bond donors (Lipinski definition) is 1. The Labute approximate surface area is 90.8 Å². The van der Waals surface area contributed by atoms with Gasteiger partial charge in [-0.15, -0.1) is 10.2 Å². The highest BCUT2D eigenvalue weighted by Gasteiger charge is 2.09. The van der Waals surface area contributed by atoms with Crippen LogP contribution in [0.5, 0.6) is 0 Å². The van der Waals surface area contributed by atoms with E-state index in [1.54, 1.807) is 12.1 Å². The van der Waals surface area contributed by atoms with Crippen LogP contribution >= 0.6 is 11.3 Å². The topological polar surface area (TPSA) is 51.8 Å². The average molecular weight is 223 g/mol. The van der Waals surface area contributed by atoms with Gasteiger partial charge < -0.3 is 5.73 Å². The Hall–Kier alpha value is -1.33. The van der Waals surface area contributed by atoms with Crippen LogP contribution in [-0.4, -0.2) is 10.2 Å². The normalized spacial score (nSPS) is 12.7. The van der Waals surface area contributed by atoms with E-state index < -0.39 is 0 Å². The van der Waals surface area contributed by atoms with Gasteiger partial charge in [0.2, 0.25) is 0 Å². The maximum Gasteiger partial charge on any atom is 0.147 e. The second kappa shape index (κ2) is 4.04. The highest BCUT2D eigenvalue weighted by molar-refractivity contribution is 7.14. The predicted octanol–water partition coefficient (Wildman–Crippen LogP) is 2.36. The lowest BCUT2D eigenvalue weighted by atomic mass is 10.2. The Morgan fingerprint density at radius 1 is 1.40 bits per heavy atom. The summed E-state index contributed by atoms with van der Waals surface area (Å²) in [6.45, 7) is 1.84. The molecule has 0 saturated carbocycles. The molecule has 1 aromatic heterocycles. The third kappa shape index (κ3) is 2.19. The van der Waals surface area contributed by atoms with Gasteiger partial charge in [0.15, 0.2) is 0 Å². The third-order valence-electron chi connectivity index (χ3n) is 1.90. The van der Waals surface area contributed by atoms with Gasteiger partial charge in [-0.1, -0.05) is 23.5 Å². The minimum Gasteiger partial charge on any atom is -0.322 e. The fraction of sp³-hybridized carbons (Fsp3) is 0.200. The molecule has 2 N–H and O–H groups in total. The maximum absolute atomic E-state index is 12.9. The molecule has 78 valence electrons. The van der Waals surface area contributed by atoms with Crippen LogP contribution in [0.3, 0.4) is 0 Å². The number of benzene rings is 1. The molecule has 0 fully saturated rings. The van der Waals surface area contributed by atoms with Crippen molar-refractivity contribution in [3.63, 3.8) is 0 Å². The van der Waals surface area contributed by atoms with E-state index in [0.29, 0.717) is 5.01 Å². The fourth-order valence-electron chi connectivity index (χ4n) is 1.16. The zero-order valence-electron chi connectivity index (χ0n) is 8.14. The summed E-state index contributed by atoms with van der Waals surface area (Å²) in [6, 6.07) is 6.15. The molecule has 0 aliphatic rings. The molecule has 1 heterocycles. The molecule has 5 heteroatoms. The van der Waals surface area contributed by atoms with Crippen molar-refractivity contribution in [2.75, 3.05) is 0 Å². The molecule has 0 aliphatic heterocycles. The highest BCUT2D eigenvalue weighted by Crippen LogP contribution is 2.25. The summed E-state index contributed by atoms with van der Waals surface area (Å²) in [4.78, 5) is 0. The first-order valence-corrected chi connectivity index (χ1v) is 5.33. The van der Waals surface area contributed by atoms with Crippen LogP contribution in [-0.2, 0) is 0 Å². The van der Waals surface area contributed by atoms with Gasteiger partial charge >= 0.3 is 0 Å². The first kappa shape index (κ1) is 10.2. The molecule has 15 heavy (non-hydrogen) atoms. The number of nitrogens with two attached hydrogens (primary N) is 1. The summed E-state index contributed by atoms with van der Waals surface area (Å²) in [5.74, 6) is -0.273. The van der Waals surface area contributed by atoms with Gasteiger partial charge in [0.05, 0.1) is 6.04 Å². The van der Waals surface area contributed by atoms with E-state index in [-0.39, 0.29) is 11.9 Å². The van der Waals surface area contributed by atoms with Crippen molar-refractivity contribution in [2.45, 2.75) is 13.0 Å². The largest absolute Gasteiger partial charge is 0.322 e. The lowest BCUT2D eigenvalue weighted by molar-refractivity contribution is 0.628. The summed E-state index contributed by atoms with van der Waals surface area (Å²) in [5.41, 5.74) is 6.40. The van der Waals surface area contributed by atoms with Gasteiger partial charge in [-0.05, 0) is 19.1 Å². The molecule has 0 radical (unpaired) electrons. The molecular formula is C10H10FN3S. The van der Waals surface area contributed by atoms with E-state index in [1.807, 2.05) is 6.92 Å². The summed E-state index contributed by atoms with van der Waals surface area (Å²) in [6.07, 6.45) is 0. The molecule has 0 unspecified atom stereocenters. The van der Waals surface area contributed by atoms with E-state index in [0.717, 1.165) is 10.6 Å². The molecule has 0 saturated heterocycles. The van der Waals surface area contributed by atoms with Crippen molar-refractivity contribution in [2.24, 2.45) is 5.73 Å². The summed E-state index contributed by atoms with van der Waals surface area (Å²) < 4.78 is 12.9. The minimum atomic E-state index is -0.273. The van der Waals surface area contributed by atoms with Gasteiger partial charge in [0, 0.05) is 5.56 Å². The standard InChI is InChI=1S/C10H10FN3S/c1-6(12)9-13-14-10(15-9)7-3-2-4-8(11)5-7/h2-6H,12H2,1H3/t6-/m0/s1. The zero-order valence-corrected chi connectivity index (χ0v) is 8.96. The lowest BCUT2D eigenvalue weighted by Gasteiger charge is -1.95. The Morgan fingerprint density at radius 2 is 2.20 bits per heavy atom. The SMILES string of the molecule is C[C@H](N)c1nnc(-c2cccc(F)c2)s1. The van der Waals surface area contributed by atoms with E-state index in [9.17, 15) is 4.39 Å². The van der Waals surface area contributed by atoms with Gasteiger partial charge in [0.25, 0.3) is 0 Å².